The molecule has 0 amide bonds. The standard InChI is InChI=1S/C16H18N2O6S2/c1-18(25(3,20)21)14-8-5-7-13(11-14)17-26(22,23)15-9-4-6-12(10-15)16(19)24-2/h4-11,17H,1-3H3. The van der Waals surface area contributed by atoms with E-state index >= 15 is 0 Å². The number of rotatable bonds is 6. The monoisotopic (exact) mass is 398 g/mol. The van der Waals surface area contributed by atoms with Crippen LogP contribution in [0.2, 0.25) is 0 Å². The molecule has 10 heteroatoms. The van der Waals surface area contributed by atoms with E-state index in [1.165, 1.54) is 62.7 Å². The Hall–Kier alpha value is -2.59. The quantitative estimate of drug-likeness (QED) is 0.741. The highest BCUT2D eigenvalue weighted by atomic mass is 32.2. The van der Waals surface area contributed by atoms with Crippen molar-refractivity contribution in [3.63, 3.8) is 0 Å². The van der Waals surface area contributed by atoms with Gasteiger partial charge in [-0.15, -0.1) is 0 Å². The summed E-state index contributed by atoms with van der Waals surface area (Å²) in [6.45, 7) is 0. The third-order valence-electron chi connectivity index (χ3n) is 3.52. The molecule has 0 saturated carbocycles. The first kappa shape index (κ1) is 19.7. The van der Waals surface area contributed by atoms with Gasteiger partial charge >= 0.3 is 5.97 Å². The number of hydrogen-bond donors (Lipinski definition) is 1. The number of benzene rings is 2. The second-order valence-electron chi connectivity index (χ2n) is 5.41. The SMILES string of the molecule is COC(=O)c1cccc(S(=O)(=O)Nc2cccc(N(C)S(C)(=O)=O)c2)c1. The maximum Gasteiger partial charge on any atom is 0.337 e. The minimum absolute atomic E-state index is 0.0981. The average Bonchev–Trinajstić information content (AvgIpc) is 2.59. The van der Waals surface area contributed by atoms with Gasteiger partial charge in [0, 0.05) is 7.05 Å². The summed E-state index contributed by atoms with van der Waals surface area (Å²) >= 11 is 0. The fourth-order valence-corrected chi connectivity index (χ4v) is 3.67. The molecule has 0 aliphatic carbocycles. The summed E-state index contributed by atoms with van der Waals surface area (Å²) in [6.07, 6.45) is 1.04. The van der Waals surface area contributed by atoms with Gasteiger partial charge < -0.3 is 4.74 Å². The molecule has 0 spiro atoms. The number of ether oxygens (including phenoxy) is 1. The minimum Gasteiger partial charge on any atom is -0.465 e. The van der Waals surface area contributed by atoms with Crippen molar-refractivity contribution in [3.05, 3.63) is 54.1 Å². The predicted octanol–water partition coefficient (Wildman–Crippen LogP) is 1.67. The summed E-state index contributed by atoms with van der Waals surface area (Å²) in [4.78, 5) is 11.4. The van der Waals surface area contributed by atoms with Crippen LogP contribution in [0.5, 0.6) is 0 Å². The van der Waals surface area contributed by atoms with Crippen LogP contribution in [0.15, 0.2) is 53.4 Å². The highest BCUT2D eigenvalue weighted by Gasteiger charge is 2.18. The van der Waals surface area contributed by atoms with Crippen molar-refractivity contribution in [1.82, 2.24) is 0 Å². The van der Waals surface area contributed by atoms with Gasteiger partial charge in [-0.05, 0) is 36.4 Å². The number of carbonyl (C=O) groups excluding carboxylic acids is 1. The largest absolute Gasteiger partial charge is 0.465 e. The molecule has 0 aliphatic rings. The summed E-state index contributed by atoms with van der Waals surface area (Å²) in [5.74, 6) is -0.654. The fourth-order valence-electron chi connectivity index (χ4n) is 2.08. The maximum absolute atomic E-state index is 12.5. The Morgan fingerprint density at radius 1 is 1.04 bits per heavy atom. The third-order valence-corrected chi connectivity index (χ3v) is 6.11. The smallest absolute Gasteiger partial charge is 0.337 e. The highest BCUT2D eigenvalue weighted by Crippen LogP contribution is 2.23. The first-order valence-corrected chi connectivity index (χ1v) is 10.6. The number of anilines is 2. The highest BCUT2D eigenvalue weighted by molar-refractivity contribution is 7.92. The van der Waals surface area contributed by atoms with Crippen LogP contribution in [0.4, 0.5) is 11.4 Å². The second-order valence-corrected chi connectivity index (χ2v) is 9.10. The van der Waals surface area contributed by atoms with Crippen LogP contribution in [0, 0.1) is 0 Å². The number of esters is 1. The van der Waals surface area contributed by atoms with Crippen molar-refractivity contribution in [2.45, 2.75) is 4.90 Å². The first-order valence-electron chi connectivity index (χ1n) is 7.30. The Morgan fingerprint density at radius 3 is 2.31 bits per heavy atom. The number of nitrogens with zero attached hydrogens (tertiary/aromatic N) is 1. The molecule has 0 fully saturated rings. The number of hydrogen-bond acceptors (Lipinski definition) is 6. The zero-order valence-electron chi connectivity index (χ0n) is 14.3. The molecule has 8 nitrogen and oxygen atoms in total. The topological polar surface area (TPSA) is 110 Å². The summed E-state index contributed by atoms with van der Waals surface area (Å²) < 4.78 is 56.3. The lowest BCUT2D eigenvalue weighted by Crippen LogP contribution is -2.24. The summed E-state index contributed by atoms with van der Waals surface area (Å²) in [5, 5.41) is 0. The van der Waals surface area contributed by atoms with Crippen LogP contribution in [-0.2, 0) is 24.8 Å². The van der Waals surface area contributed by atoms with Gasteiger partial charge in [0.1, 0.15) is 0 Å². The Morgan fingerprint density at radius 2 is 1.69 bits per heavy atom. The van der Waals surface area contributed by atoms with Gasteiger partial charge in [0.05, 0.1) is 35.2 Å². The zero-order chi connectivity index (χ0) is 19.5. The Labute approximate surface area is 152 Å². The van der Waals surface area contributed by atoms with Gasteiger partial charge in [0.15, 0.2) is 0 Å². The van der Waals surface area contributed by atoms with Crippen molar-refractivity contribution >= 4 is 37.4 Å². The van der Waals surface area contributed by atoms with E-state index in [0.29, 0.717) is 5.69 Å². The van der Waals surface area contributed by atoms with E-state index < -0.39 is 26.0 Å². The van der Waals surface area contributed by atoms with Gasteiger partial charge in [-0.2, -0.15) is 0 Å². The van der Waals surface area contributed by atoms with E-state index in [0.717, 1.165) is 10.6 Å². The van der Waals surface area contributed by atoms with E-state index in [1.807, 2.05) is 0 Å². The molecule has 2 aromatic rings. The van der Waals surface area contributed by atoms with E-state index in [1.54, 1.807) is 0 Å². The van der Waals surface area contributed by atoms with Crippen molar-refractivity contribution in [1.29, 1.82) is 0 Å². The first-order chi connectivity index (χ1) is 12.0. The lowest BCUT2D eigenvalue weighted by atomic mass is 10.2. The van der Waals surface area contributed by atoms with Crippen LogP contribution in [0.3, 0.4) is 0 Å². The summed E-state index contributed by atoms with van der Waals surface area (Å²) in [6, 6.07) is 11.3. The lowest BCUT2D eigenvalue weighted by molar-refractivity contribution is 0.0600. The molecule has 0 aliphatic heterocycles. The zero-order valence-corrected chi connectivity index (χ0v) is 16.0. The molecule has 2 rings (SSSR count). The van der Waals surface area contributed by atoms with E-state index in [2.05, 4.69) is 9.46 Å². The van der Waals surface area contributed by atoms with Gasteiger partial charge in [-0.25, -0.2) is 21.6 Å². The van der Waals surface area contributed by atoms with E-state index in [4.69, 9.17) is 0 Å². The van der Waals surface area contributed by atoms with Crippen LogP contribution in [0.25, 0.3) is 0 Å². The van der Waals surface area contributed by atoms with Crippen LogP contribution < -0.4 is 9.03 Å². The lowest BCUT2D eigenvalue weighted by Gasteiger charge is -2.17. The third kappa shape index (κ3) is 4.52. The van der Waals surface area contributed by atoms with Crippen molar-refractivity contribution in [2.75, 3.05) is 29.4 Å². The number of methoxy groups -OCH3 is 1. The van der Waals surface area contributed by atoms with Crippen LogP contribution in [-0.4, -0.2) is 43.2 Å². The van der Waals surface area contributed by atoms with Crippen molar-refractivity contribution in [2.24, 2.45) is 0 Å². The maximum atomic E-state index is 12.5. The van der Waals surface area contributed by atoms with Gasteiger partial charge in [0.25, 0.3) is 10.0 Å². The molecular weight excluding hydrogens is 380 g/mol. The number of carbonyl (C=O) groups is 1. The average molecular weight is 398 g/mol. The summed E-state index contributed by atoms with van der Waals surface area (Å²) in [7, 11) is -4.90. The molecule has 0 saturated heterocycles. The molecule has 0 radical (unpaired) electrons. The molecule has 26 heavy (non-hydrogen) atoms. The Kier molecular flexibility index (Phi) is 5.57. The van der Waals surface area contributed by atoms with Crippen molar-refractivity contribution < 1.29 is 26.4 Å². The molecule has 0 aromatic heterocycles. The molecule has 0 unspecified atom stereocenters. The van der Waals surface area contributed by atoms with Crippen molar-refractivity contribution in [3.8, 4) is 0 Å². The Bertz CT molecular complexity index is 1030. The van der Waals surface area contributed by atoms with Gasteiger partial charge in [-0.1, -0.05) is 12.1 Å². The van der Waals surface area contributed by atoms with Crippen LogP contribution >= 0.6 is 0 Å². The van der Waals surface area contributed by atoms with Crippen LogP contribution in [0.1, 0.15) is 10.4 Å². The predicted molar refractivity (Wildman–Crippen MR) is 98.3 cm³/mol. The molecule has 2 aromatic carbocycles. The Balaban J connectivity index is 2.35. The van der Waals surface area contributed by atoms with E-state index in [-0.39, 0.29) is 16.1 Å². The minimum atomic E-state index is -3.98. The van der Waals surface area contributed by atoms with E-state index in [9.17, 15) is 21.6 Å². The molecular formula is C16H18N2O6S2. The second kappa shape index (κ2) is 7.34. The van der Waals surface area contributed by atoms with Gasteiger partial charge in [-0.3, -0.25) is 9.03 Å². The molecule has 0 bridgehead atoms. The normalized spacial score (nSPS) is 11.7. The summed E-state index contributed by atoms with van der Waals surface area (Å²) in [5.41, 5.74) is 0.582. The van der Waals surface area contributed by atoms with Gasteiger partial charge in [0.2, 0.25) is 10.0 Å². The fraction of sp³-hybridized carbons (Fsp3) is 0.188. The molecule has 1 N–H and O–H groups in total. The number of sulfonamides is 2. The molecule has 0 heterocycles. The number of nitrogens with one attached hydrogen (secondary N) is 1. The molecule has 140 valence electrons. The molecule has 0 atom stereocenters.